The molecule has 1 heterocycles. The predicted molar refractivity (Wildman–Crippen MR) is 86.1 cm³/mol. The molecule has 0 aromatic heterocycles. The quantitative estimate of drug-likeness (QED) is 0.827. The van der Waals surface area contributed by atoms with E-state index < -0.39 is 10.0 Å². The number of likely N-dealkylation sites (N-methyl/N-ethyl adjacent to an activating group) is 1. The Bertz CT molecular complexity index is 619. The first-order valence-electron chi connectivity index (χ1n) is 7.07. The van der Waals surface area contributed by atoms with Gasteiger partial charge in [-0.3, -0.25) is 0 Å². The minimum atomic E-state index is -3.57. The van der Waals surface area contributed by atoms with Crippen LogP contribution in [0.1, 0.15) is 24.8 Å². The molecular weight excluding hydrogens is 310 g/mol. The minimum Gasteiger partial charge on any atom is -0.397 e. The number of nitrogens with two attached hydrogens (primary N) is 1. The Kier molecular flexibility index (Phi) is 5.14. The number of nitrogen functional groups attached to an aromatic ring is 1. The molecule has 2 rings (SSSR count). The van der Waals surface area contributed by atoms with Crippen LogP contribution in [-0.2, 0) is 10.0 Å². The van der Waals surface area contributed by atoms with Gasteiger partial charge in [-0.1, -0.05) is 18.0 Å². The van der Waals surface area contributed by atoms with E-state index in [0.29, 0.717) is 17.1 Å². The average molecular weight is 332 g/mol. The van der Waals surface area contributed by atoms with E-state index in [2.05, 4.69) is 9.62 Å². The fourth-order valence-corrected chi connectivity index (χ4v) is 4.19. The van der Waals surface area contributed by atoms with E-state index in [0.717, 1.165) is 19.4 Å². The maximum absolute atomic E-state index is 12.4. The fourth-order valence-electron chi connectivity index (χ4n) is 2.64. The van der Waals surface area contributed by atoms with Gasteiger partial charge in [0.25, 0.3) is 0 Å². The van der Waals surface area contributed by atoms with Gasteiger partial charge in [0.1, 0.15) is 0 Å². The van der Waals surface area contributed by atoms with Crippen LogP contribution < -0.4 is 10.5 Å². The van der Waals surface area contributed by atoms with Crippen molar-refractivity contribution in [2.75, 3.05) is 25.9 Å². The molecule has 1 aliphatic heterocycles. The summed E-state index contributed by atoms with van der Waals surface area (Å²) >= 11 is 5.91. The zero-order valence-corrected chi connectivity index (χ0v) is 14.0. The van der Waals surface area contributed by atoms with Gasteiger partial charge in [-0.05, 0) is 51.1 Å². The number of aryl methyl sites for hydroxylation is 1. The lowest BCUT2D eigenvalue weighted by Crippen LogP contribution is -2.44. The lowest BCUT2D eigenvalue weighted by atomic mass is 10.0. The normalized spacial score (nSPS) is 20.6. The van der Waals surface area contributed by atoms with Gasteiger partial charge >= 0.3 is 0 Å². The molecule has 1 fully saturated rings. The van der Waals surface area contributed by atoms with Crippen molar-refractivity contribution in [1.29, 1.82) is 0 Å². The second-order valence-electron chi connectivity index (χ2n) is 5.62. The highest BCUT2D eigenvalue weighted by atomic mass is 35.5. The summed E-state index contributed by atoms with van der Waals surface area (Å²) in [5.41, 5.74) is 6.59. The second-order valence-corrected chi connectivity index (χ2v) is 7.76. The summed E-state index contributed by atoms with van der Waals surface area (Å²) < 4.78 is 27.6. The molecule has 118 valence electrons. The van der Waals surface area contributed by atoms with Crippen LogP contribution >= 0.6 is 11.6 Å². The van der Waals surface area contributed by atoms with Crippen LogP contribution in [0.3, 0.4) is 0 Å². The van der Waals surface area contributed by atoms with E-state index in [-0.39, 0.29) is 16.6 Å². The van der Waals surface area contributed by atoms with Crippen molar-refractivity contribution in [1.82, 2.24) is 9.62 Å². The van der Waals surface area contributed by atoms with Crippen LogP contribution in [0.4, 0.5) is 5.69 Å². The molecule has 3 N–H and O–H groups in total. The number of hydrogen-bond donors (Lipinski definition) is 2. The van der Waals surface area contributed by atoms with Crippen molar-refractivity contribution < 1.29 is 8.42 Å². The summed E-state index contributed by atoms with van der Waals surface area (Å²) in [5, 5.41) is 0.374. The number of benzene rings is 1. The molecule has 7 heteroatoms. The van der Waals surface area contributed by atoms with E-state index in [4.69, 9.17) is 17.3 Å². The summed E-state index contributed by atoms with van der Waals surface area (Å²) in [6.07, 6.45) is 3.33. The van der Waals surface area contributed by atoms with Gasteiger partial charge in [0.05, 0.1) is 15.6 Å². The third-order valence-corrected chi connectivity index (χ3v) is 5.91. The monoisotopic (exact) mass is 331 g/mol. The molecule has 1 saturated heterocycles. The lowest BCUT2D eigenvalue weighted by Gasteiger charge is -2.32. The zero-order chi connectivity index (χ0) is 15.6. The Morgan fingerprint density at radius 2 is 2.14 bits per heavy atom. The van der Waals surface area contributed by atoms with Crippen molar-refractivity contribution >= 4 is 27.3 Å². The fraction of sp³-hybridized carbons (Fsp3) is 0.571. The van der Waals surface area contributed by atoms with Crippen LogP contribution in [0.25, 0.3) is 0 Å². The van der Waals surface area contributed by atoms with Crippen LogP contribution in [0.15, 0.2) is 17.0 Å². The van der Waals surface area contributed by atoms with Crippen molar-refractivity contribution in [2.24, 2.45) is 0 Å². The van der Waals surface area contributed by atoms with Crippen molar-refractivity contribution in [3.63, 3.8) is 0 Å². The van der Waals surface area contributed by atoms with Crippen molar-refractivity contribution in [2.45, 2.75) is 37.1 Å². The van der Waals surface area contributed by atoms with Gasteiger partial charge in [0.15, 0.2) is 0 Å². The Morgan fingerprint density at radius 3 is 2.81 bits per heavy atom. The molecular formula is C14H22ClN3O2S. The van der Waals surface area contributed by atoms with E-state index in [9.17, 15) is 8.42 Å². The van der Waals surface area contributed by atoms with Gasteiger partial charge in [-0.15, -0.1) is 0 Å². The molecule has 0 aliphatic carbocycles. The number of rotatable bonds is 4. The number of likely N-dealkylation sites (tertiary alicyclic amines) is 1. The van der Waals surface area contributed by atoms with E-state index in [1.807, 2.05) is 7.05 Å². The molecule has 0 radical (unpaired) electrons. The molecule has 0 bridgehead atoms. The number of hydrogen-bond acceptors (Lipinski definition) is 4. The molecule has 1 aromatic carbocycles. The number of nitrogens with one attached hydrogen (secondary N) is 1. The van der Waals surface area contributed by atoms with Gasteiger partial charge in [-0.2, -0.15) is 0 Å². The largest absolute Gasteiger partial charge is 0.397 e. The zero-order valence-electron chi connectivity index (χ0n) is 12.4. The molecule has 0 amide bonds. The summed E-state index contributed by atoms with van der Waals surface area (Å²) in [6, 6.07) is 3.25. The molecule has 1 unspecified atom stereocenters. The average Bonchev–Trinajstić information content (AvgIpc) is 2.42. The smallest absolute Gasteiger partial charge is 0.240 e. The Hall–Kier alpha value is -0.820. The SMILES string of the molecule is Cc1cc(Cl)c(N)cc1S(=O)(=O)NCC1CCCCN1C. The summed E-state index contributed by atoms with van der Waals surface area (Å²) in [7, 11) is -1.54. The minimum absolute atomic E-state index is 0.197. The number of nitrogens with zero attached hydrogens (tertiary/aromatic N) is 1. The van der Waals surface area contributed by atoms with Crippen molar-refractivity contribution in [3.8, 4) is 0 Å². The molecule has 21 heavy (non-hydrogen) atoms. The van der Waals surface area contributed by atoms with Crippen LogP contribution in [0.5, 0.6) is 0 Å². The van der Waals surface area contributed by atoms with Gasteiger partial charge < -0.3 is 10.6 Å². The first-order valence-corrected chi connectivity index (χ1v) is 8.93. The van der Waals surface area contributed by atoms with Gasteiger partial charge in [0, 0.05) is 12.6 Å². The Labute approximate surface area is 131 Å². The summed E-state index contributed by atoms with van der Waals surface area (Å²) in [6.45, 7) is 3.15. The highest BCUT2D eigenvalue weighted by molar-refractivity contribution is 7.89. The number of anilines is 1. The maximum atomic E-state index is 12.4. The molecule has 0 saturated carbocycles. The maximum Gasteiger partial charge on any atom is 0.240 e. The number of halogens is 1. The first kappa shape index (κ1) is 16.5. The summed E-state index contributed by atoms with van der Waals surface area (Å²) in [4.78, 5) is 2.40. The lowest BCUT2D eigenvalue weighted by molar-refractivity contribution is 0.187. The highest BCUT2D eigenvalue weighted by Gasteiger charge is 2.23. The third-order valence-electron chi connectivity index (χ3n) is 4.01. The Morgan fingerprint density at radius 1 is 1.43 bits per heavy atom. The van der Waals surface area contributed by atoms with Gasteiger partial charge in [-0.25, -0.2) is 13.1 Å². The molecule has 1 atom stereocenters. The third kappa shape index (κ3) is 3.88. The number of piperidine rings is 1. The molecule has 5 nitrogen and oxygen atoms in total. The molecule has 0 spiro atoms. The van der Waals surface area contributed by atoms with E-state index in [1.165, 1.54) is 12.5 Å². The standard InChI is InChI=1S/C14H22ClN3O2S/c1-10-7-12(15)13(16)8-14(10)21(19,20)17-9-11-5-3-4-6-18(11)2/h7-8,11,17H,3-6,9,16H2,1-2H3. The number of sulfonamides is 1. The van der Waals surface area contributed by atoms with Gasteiger partial charge in [0.2, 0.25) is 10.0 Å². The van der Waals surface area contributed by atoms with Crippen LogP contribution in [0, 0.1) is 6.92 Å². The van der Waals surface area contributed by atoms with Crippen LogP contribution in [0.2, 0.25) is 5.02 Å². The molecule has 1 aliphatic rings. The van der Waals surface area contributed by atoms with Crippen LogP contribution in [-0.4, -0.2) is 39.5 Å². The van der Waals surface area contributed by atoms with Crippen molar-refractivity contribution in [3.05, 3.63) is 22.7 Å². The first-order chi connectivity index (χ1) is 9.81. The Balaban J connectivity index is 2.13. The summed E-state index contributed by atoms with van der Waals surface area (Å²) in [5.74, 6) is 0. The van der Waals surface area contributed by atoms with E-state index in [1.54, 1.807) is 13.0 Å². The highest BCUT2D eigenvalue weighted by Crippen LogP contribution is 2.26. The second kappa shape index (κ2) is 6.52. The van der Waals surface area contributed by atoms with E-state index >= 15 is 0 Å². The molecule has 1 aromatic rings. The topological polar surface area (TPSA) is 75.4 Å². The predicted octanol–water partition coefficient (Wildman–Crippen LogP) is 1.99.